The number of hydrogen-bond donors (Lipinski definition) is 2. The molecule has 0 amide bonds. The van der Waals surface area contributed by atoms with E-state index in [0.29, 0.717) is 6.54 Å². The second-order valence-electron chi connectivity index (χ2n) is 3.24. The number of fused-ring (bicyclic) bond motifs is 1. The van der Waals surface area contributed by atoms with Crippen molar-refractivity contribution in [2.45, 2.75) is 34.6 Å². The number of benzene rings is 1. The number of rotatable bonds is 2. The molecule has 2 rings (SSSR count). The topological polar surface area (TPSA) is 44.9 Å². The summed E-state index contributed by atoms with van der Waals surface area (Å²) in [6, 6.07) is 8.31. The molecule has 1 aromatic carbocycles. The quantitative estimate of drug-likeness (QED) is 0.807. The van der Waals surface area contributed by atoms with Crippen LogP contribution < -0.4 is 5.32 Å². The van der Waals surface area contributed by atoms with Crippen LogP contribution in [0.25, 0.3) is 10.9 Å². The fourth-order valence-corrected chi connectivity index (χ4v) is 1.30. The molecular formula is C16H28N2O. The molecule has 0 saturated carbocycles. The van der Waals surface area contributed by atoms with E-state index in [2.05, 4.69) is 35.4 Å². The minimum absolute atomic E-state index is 0.458. The smallest absolute Gasteiger partial charge is 0.133 e. The lowest BCUT2D eigenvalue weighted by molar-refractivity contribution is -0.107. The van der Waals surface area contributed by atoms with E-state index in [1.807, 2.05) is 40.0 Å². The second kappa shape index (κ2) is 14.5. The van der Waals surface area contributed by atoms with Crippen molar-refractivity contribution in [1.82, 2.24) is 10.3 Å². The van der Waals surface area contributed by atoms with Gasteiger partial charge in [0.05, 0.1) is 6.54 Å². The van der Waals surface area contributed by atoms with E-state index in [9.17, 15) is 4.79 Å². The summed E-state index contributed by atoms with van der Waals surface area (Å²) in [6.07, 6.45) is 2.85. The molecule has 0 aliphatic heterocycles. The zero-order valence-corrected chi connectivity index (χ0v) is 13.1. The Labute approximate surface area is 117 Å². The van der Waals surface area contributed by atoms with Crippen LogP contribution in [0.1, 0.15) is 33.3 Å². The summed E-state index contributed by atoms with van der Waals surface area (Å²) in [5.41, 5.74) is 2.54. The summed E-state index contributed by atoms with van der Waals surface area (Å²) >= 11 is 0. The lowest BCUT2D eigenvalue weighted by Gasteiger charge is -1.86. The molecule has 2 N–H and O–H groups in total. The van der Waals surface area contributed by atoms with Gasteiger partial charge in [0.1, 0.15) is 6.29 Å². The highest BCUT2D eigenvalue weighted by Gasteiger charge is 1.94. The van der Waals surface area contributed by atoms with Crippen LogP contribution in [-0.4, -0.2) is 24.9 Å². The van der Waals surface area contributed by atoms with E-state index in [0.717, 1.165) is 6.29 Å². The Hall–Kier alpha value is -1.61. The second-order valence-corrected chi connectivity index (χ2v) is 3.24. The van der Waals surface area contributed by atoms with Crippen molar-refractivity contribution in [3.63, 3.8) is 0 Å². The summed E-state index contributed by atoms with van der Waals surface area (Å²) in [5, 5.41) is 3.97. The van der Waals surface area contributed by atoms with Crippen molar-refractivity contribution in [3.8, 4) is 0 Å². The Balaban J connectivity index is 0. The Morgan fingerprint density at radius 2 is 1.74 bits per heavy atom. The summed E-state index contributed by atoms with van der Waals surface area (Å²) in [4.78, 5) is 12.5. The predicted octanol–water partition coefficient (Wildman–Crippen LogP) is 3.93. The molecule has 0 aliphatic carbocycles. The van der Waals surface area contributed by atoms with Gasteiger partial charge in [-0.3, -0.25) is 0 Å². The molecular weight excluding hydrogens is 236 g/mol. The van der Waals surface area contributed by atoms with Crippen LogP contribution in [0.5, 0.6) is 0 Å². The van der Waals surface area contributed by atoms with Crippen LogP contribution >= 0.6 is 0 Å². The average molecular weight is 264 g/mol. The molecule has 1 aromatic heterocycles. The van der Waals surface area contributed by atoms with Crippen molar-refractivity contribution >= 4 is 17.2 Å². The molecule has 0 unspecified atom stereocenters. The first kappa shape index (κ1) is 19.7. The molecule has 0 atom stereocenters. The molecule has 0 aliphatic rings. The summed E-state index contributed by atoms with van der Waals surface area (Å²) in [5.74, 6) is 0. The minimum atomic E-state index is 0.458. The highest BCUT2D eigenvalue weighted by atomic mass is 16.1. The van der Waals surface area contributed by atoms with Crippen molar-refractivity contribution in [2.75, 3.05) is 13.6 Å². The molecule has 3 heteroatoms. The van der Waals surface area contributed by atoms with E-state index in [1.54, 1.807) is 7.05 Å². The van der Waals surface area contributed by atoms with E-state index in [-0.39, 0.29) is 0 Å². The van der Waals surface area contributed by atoms with E-state index >= 15 is 0 Å². The number of aldehydes is 1. The SMILES string of the molecule is CC.CC.CNCC=O.Cc1c[nH]c2ccccc12. The Morgan fingerprint density at radius 1 is 1.16 bits per heavy atom. The number of aromatic amines is 1. The van der Waals surface area contributed by atoms with Crippen LogP contribution in [0.15, 0.2) is 30.5 Å². The highest BCUT2D eigenvalue weighted by Crippen LogP contribution is 2.15. The average Bonchev–Trinajstić information content (AvgIpc) is 2.87. The predicted molar refractivity (Wildman–Crippen MR) is 85.7 cm³/mol. The lowest BCUT2D eigenvalue weighted by atomic mass is 10.2. The first-order valence-electron chi connectivity index (χ1n) is 6.90. The van der Waals surface area contributed by atoms with Crippen molar-refractivity contribution in [3.05, 3.63) is 36.0 Å². The van der Waals surface area contributed by atoms with Gasteiger partial charge in [-0.15, -0.1) is 0 Å². The number of H-pyrrole nitrogens is 1. The fourth-order valence-electron chi connectivity index (χ4n) is 1.30. The Bertz CT molecular complexity index is 421. The molecule has 1 heterocycles. The first-order valence-corrected chi connectivity index (χ1v) is 6.90. The number of carbonyl (C=O) groups excluding carboxylic acids is 1. The summed E-state index contributed by atoms with van der Waals surface area (Å²) in [6.45, 7) is 10.6. The van der Waals surface area contributed by atoms with Gasteiger partial charge in [0, 0.05) is 17.1 Å². The lowest BCUT2D eigenvalue weighted by Crippen LogP contribution is -2.07. The third kappa shape index (κ3) is 8.16. The third-order valence-corrected chi connectivity index (χ3v) is 2.08. The summed E-state index contributed by atoms with van der Waals surface area (Å²) in [7, 11) is 1.73. The standard InChI is InChI=1S/C9H9N.C3H7NO.2C2H6/c1-7-6-10-9-5-3-2-4-8(7)9;1-4-2-3-5;2*1-2/h2-6,10H,1H3;3-4H,2H2,1H3;2*1-2H3. The van der Waals surface area contributed by atoms with Gasteiger partial charge in [0.15, 0.2) is 0 Å². The summed E-state index contributed by atoms with van der Waals surface area (Å²) < 4.78 is 0. The van der Waals surface area contributed by atoms with Gasteiger partial charge < -0.3 is 15.1 Å². The maximum atomic E-state index is 9.34. The van der Waals surface area contributed by atoms with E-state index in [1.165, 1.54) is 16.5 Å². The number of para-hydroxylation sites is 1. The molecule has 0 fully saturated rings. The maximum Gasteiger partial charge on any atom is 0.133 e. The van der Waals surface area contributed by atoms with Gasteiger partial charge in [-0.1, -0.05) is 45.9 Å². The molecule has 0 saturated heterocycles. The molecule has 0 bridgehead atoms. The zero-order valence-electron chi connectivity index (χ0n) is 13.1. The number of aryl methyl sites for hydroxylation is 1. The molecule has 3 nitrogen and oxygen atoms in total. The molecule has 108 valence electrons. The third-order valence-electron chi connectivity index (χ3n) is 2.08. The normalized spacial score (nSPS) is 8.11. The Kier molecular flexibility index (Phi) is 15.0. The minimum Gasteiger partial charge on any atom is -0.361 e. The first-order chi connectivity index (χ1) is 9.29. The fraction of sp³-hybridized carbons (Fsp3) is 0.438. The van der Waals surface area contributed by atoms with Gasteiger partial charge in [0.25, 0.3) is 0 Å². The van der Waals surface area contributed by atoms with Crippen LogP contribution in [0.3, 0.4) is 0 Å². The van der Waals surface area contributed by atoms with Crippen molar-refractivity contribution in [2.24, 2.45) is 0 Å². The van der Waals surface area contributed by atoms with E-state index < -0.39 is 0 Å². The molecule has 19 heavy (non-hydrogen) atoms. The van der Waals surface area contributed by atoms with Gasteiger partial charge in [0.2, 0.25) is 0 Å². The van der Waals surface area contributed by atoms with E-state index in [4.69, 9.17) is 0 Å². The molecule has 2 aromatic rings. The zero-order chi connectivity index (χ0) is 15.1. The van der Waals surface area contributed by atoms with Gasteiger partial charge >= 0.3 is 0 Å². The number of hydrogen-bond acceptors (Lipinski definition) is 2. The molecule has 0 radical (unpaired) electrons. The van der Waals surface area contributed by atoms with Crippen molar-refractivity contribution < 1.29 is 4.79 Å². The number of aromatic nitrogens is 1. The van der Waals surface area contributed by atoms with Gasteiger partial charge in [-0.25, -0.2) is 0 Å². The largest absolute Gasteiger partial charge is 0.361 e. The monoisotopic (exact) mass is 264 g/mol. The number of likely N-dealkylation sites (N-methyl/N-ethyl adjacent to an activating group) is 1. The number of nitrogens with one attached hydrogen (secondary N) is 2. The van der Waals surface area contributed by atoms with Crippen molar-refractivity contribution in [1.29, 1.82) is 0 Å². The van der Waals surface area contributed by atoms with Gasteiger partial charge in [-0.2, -0.15) is 0 Å². The highest BCUT2D eigenvalue weighted by molar-refractivity contribution is 5.82. The van der Waals surface area contributed by atoms with Crippen LogP contribution in [0, 0.1) is 6.92 Å². The molecule has 0 spiro atoms. The van der Waals surface area contributed by atoms with Gasteiger partial charge in [-0.05, 0) is 25.6 Å². The van der Waals surface area contributed by atoms with Crippen LogP contribution in [-0.2, 0) is 4.79 Å². The number of carbonyl (C=O) groups is 1. The van der Waals surface area contributed by atoms with Crippen LogP contribution in [0.2, 0.25) is 0 Å². The van der Waals surface area contributed by atoms with Crippen LogP contribution in [0.4, 0.5) is 0 Å². The maximum absolute atomic E-state index is 9.34. The Morgan fingerprint density at radius 3 is 2.16 bits per heavy atom.